The zero-order chi connectivity index (χ0) is 39.1. The molecule has 3 atom stereocenters. The fourth-order valence-corrected chi connectivity index (χ4v) is 9.85. The summed E-state index contributed by atoms with van der Waals surface area (Å²) in [5.41, 5.74) is 0. The number of hydrogen-bond donors (Lipinski definition) is 2. The molecule has 0 saturated carbocycles. The van der Waals surface area contributed by atoms with Crippen LogP contribution in [0.25, 0.3) is 0 Å². The summed E-state index contributed by atoms with van der Waals surface area (Å²) >= 11 is 2.36. The van der Waals surface area contributed by atoms with Crippen molar-refractivity contribution in [2.45, 2.75) is 65.7 Å². The Morgan fingerprint density at radius 1 is 0.804 bits per heavy atom. The lowest BCUT2D eigenvalue weighted by Crippen LogP contribution is -2.46. The number of carbonyl (C=O) groups excluding carboxylic acids is 4. The van der Waals surface area contributed by atoms with E-state index in [2.05, 4.69) is 5.32 Å². The average Bonchev–Trinajstić information content (AvgIpc) is 3.01. The summed E-state index contributed by atoms with van der Waals surface area (Å²) in [4.78, 5) is 48.7. The molecule has 23 heteroatoms. The molecule has 300 valence electrons. The van der Waals surface area contributed by atoms with E-state index in [0.29, 0.717) is 44.6 Å². The summed E-state index contributed by atoms with van der Waals surface area (Å²) < 4.78 is 97.8. The quantitative estimate of drug-likeness (QED) is 0.0320. The van der Waals surface area contributed by atoms with Crippen LogP contribution in [0, 0.1) is 11.8 Å². The van der Waals surface area contributed by atoms with Crippen molar-refractivity contribution in [3.63, 3.8) is 0 Å². The third kappa shape index (κ3) is 26.0. The zero-order valence-corrected chi connectivity index (χ0v) is 33.8. The molecule has 0 aromatic heterocycles. The molecule has 0 spiro atoms. The van der Waals surface area contributed by atoms with E-state index >= 15 is 0 Å². The molecule has 0 aliphatic carbocycles. The van der Waals surface area contributed by atoms with Crippen molar-refractivity contribution < 1.29 is 77.7 Å². The monoisotopic (exact) mass is 829 g/mol. The zero-order valence-electron chi connectivity index (χ0n) is 29.5. The fourth-order valence-electron chi connectivity index (χ4n) is 3.95. The van der Waals surface area contributed by atoms with E-state index in [1.165, 1.54) is 18.7 Å². The van der Waals surface area contributed by atoms with Crippen LogP contribution in [-0.4, -0.2) is 150 Å². The number of esters is 3. The van der Waals surface area contributed by atoms with E-state index in [4.69, 9.17) is 27.5 Å². The lowest BCUT2D eigenvalue weighted by atomic mass is 10.2. The molecule has 0 rings (SSSR count). The molecule has 0 aliphatic heterocycles. The SMILES string of the molecule is CCO[Si](CCCNC(=O)CSCC(C)C(=O)OCC(O)COC(=O)CCSCC(C)C(=O)OC(CS(=O)(=O)[O-])CS(=O)(=O)[O-])(OCC)OCC. The minimum Gasteiger partial charge on any atom is -0.748 e. The van der Waals surface area contributed by atoms with Crippen LogP contribution >= 0.6 is 23.5 Å². The highest BCUT2D eigenvalue weighted by atomic mass is 32.2. The molecule has 0 saturated heterocycles. The molecule has 2 N–H and O–H groups in total. The molecule has 1 amide bonds. The Morgan fingerprint density at radius 2 is 1.31 bits per heavy atom. The lowest BCUT2D eigenvalue weighted by Gasteiger charge is -2.28. The highest BCUT2D eigenvalue weighted by molar-refractivity contribution is 8.00. The second kappa shape index (κ2) is 26.3. The van der Waals surface area contributed by atoms with Crippen molar-refractivity contribution in [2.75, 3.05) is 74.1 Å². The highest BCUT2D eigenvalue weighted by Crippen LogP contribution is 2.18. The summed E-state index contributed by atoms with van der Waals surface area (Å²) in [6.07, 6.45) is -2.74. The van der Waals surface area contributed by atoms with Gasteiger partial charge in [0.15, 0.2) is 0 Å². The van der Waals surface area contributed by atoms with E-state index in [0.717, 1.165) is 11.8 Å². The fraction of sp³-hybridized carbons (Fsp3) is 0.857. The summed E-state index contributed by atoms with van der Waals surface area (Å²) in [7, 11) is -12.8. The van der Waals surface area contributed by atoms with Gasteiger partial charge in [-0.15, -0.1) is 0 Å². The number of aliphatic hydroxyl groups is 1. The first-order chi connectivity index (χ1) is 23.8. The summed E-state index contributed by atoms with van der Waals surface area (Å²) in [6.45, 7) is 9.56. The maximum absolute atomic E-state index is 12.3. The Kier molecular flexibility index (Phi) is 25.5. The number of carbonyl (C=O) groups is 4. The number of hydrogen-bond acceptors (Lipinski definition) is 19. The minimum atomic E-state index is -4.99. The molecule has 18 nitrogen and oxygen atoms in total. The Bertz CT molecular complexity index is 1220. The van der Waals surface area contributed by atoms with E-state index in [1.807, 2.05) is 20.8 Å². The standard InChI is InChI=1S/C28H53NO17S4Si/c1-6-43-51(44-7-2,45-8-3)13-9-11-29-25(31)18-48-17-21(4)27(33)42-15-23(30)14-41-26(32)10-12-47-16-22(5)28(34)46-24(19-49(35,36)37)20-50(38,39)40/h21-24,30H,6-20H2,1-5H3,(H,29,31)(H,35,36,37)(H,38,39,40)/p-2. The molecule has 0 aromatic rings. The topological polar surface area (TPSA) is 270 Å². The van der Waals surface area contributed by atoms with Crippen LogP contribution in [0.5, 0.6) is 0 Å². The maximum atomic E-state index is 12.3. The summed E-state index contributed by atoms with van der Waals surface area (Å²) in [5, 5.41) is 12.9. The Labute approximate surface area is 310 Å². The second-order valence-electron chi connectivity index (χ2n) is 11.1. The second-order valence-corrected chi connectivity index (χ2v) is 18.9. The van der Waals surface area contributed by atoms with Gasteiger partial charge in [0.2, 0.25) is 5.91 Å². The predicted octanol–water partition coefficient (Wildman–Crippen LogP) is 0.119. The highest BCUT2D eigenvalue weighted by Gasteiger charge is 2.39. The van der Waals surface area contributed by atoms with Crippen LogP contribution in [0.1, 0.15) is 47.5 Å². The van der Waals surface area contributed by atoms with Gasteiger partial charge in [0.25, 0.3) is 0 Å². The molecular weight excluding hydrogens is 779 g/mol. The van der Waals surface area contributed by atoms with Gasteiger partial charge in [0, 0.05) is 49.7 Å². The molecular formula is C28H51NO17S4Si-2. The van der Waals surface area contributed by atoms with Crippen molar-refractivity contribution in [1.82, 2.24) is 5.32 Å². The van der Waals surface area contributed by atoms with Gasteiger partial charge in [-0.25, -0.2) is 16.8 Å². The van der Waals surface area contributed by atoms with Crippen molar-refractivity contribution in [1.29, 1.82) is 0 Å². The van der Waals surface area contributed by atoms with Gasteiger partial charge in [-0.05, 0) is 27.2 Å². The van der Waals surface area contributed by atoms with Crippen molar-refractivity contribution in [2.24, 2.45) is 11.8 Å². The summed E-state index contributed by atoms with van der Waals surface area (Å²) in [5.74, 6) is -6.09. The van der Waals surface area contributed by atoms with Crippen molar-refractivity contribution >= 4 is 76.4 Å². The maximum Gasteiger partial charge on any atom is 0.500 e. The van der Waals surface area contributed by atoms with E-state index in [1.54, 1.807) is 6.92 Å². The first kappa shape index (κ1) is 49.5. The first-order valence-corrected chi connectivity index (χ1v) is 23.6. The lowest BCUT2D eigenvalue weighted by molar-refractivity contribution is -0.154. The Hall–Kier alpha value is -1.54. The van der Waals surface area contributed by atoms with Gasteiger partial charge in [0.05, 0.1) is 55.8 Å². The van der Waals surface area contributed by atoms with E-state index in [9.17, 15) is 50.2 Å². The van der Waals surface area contributed by atoms with Gasteiger partial charge < -0.3 is 47.0 Å². The van der Waals surface area contributed by atoms with Gasteiger partial charge in [0.1, 0.15) is 25.4 Å². The van der Waals surface area contributed by atoms with Crippen molar-refractivity contribution in [3.05, 3.63) is 0 Å². The Morgan fingerprint density at radius 3 is 1.84 bits per heavy atom. The molecule has 0 radical (unpaired) electrons. The van der Waals surface area contributed by atoms with Crippen LogP contribution in [-0.2, 0) is 66.9 Å². The molecule has 51 heavy (non-hydrogen) atoms. The van der Waals surface area contributed by atoms with Crippen LogP contribution in [0.4, 0.5) is 0 Å². The average molecular weight is 830 g/mol. The van der Waals surface area contributed by atoms with Crippen molar-refractivity contribution in [3.8, 4) is 0 Å². The van der Waals surface area contributed by atoms with Crippen LogP contribution in [0.3, 0.4) is 0 Å². The third-order valence-corrected chi connectivity index (χ3v) is 13.4. The molecule has 0 fully saturated rings. The number of ether oxygens (including phenoxy) is 3. The number of rotatable bonds is 30. The van der Waals surface area contributed by atoms with Gasteiger partial charge in [-0.1, -0.05) is 13.8 Å². The summed E-state index contributed by atoms with van der Waals surface area (Å²) in [6, 6.07) is 0.569. The Balaban J connectivity index is 4.27. The van der Waals surface area contributed by atoms with Crippen LogP contribution < -0.4 is 5.32 Å². The molecule has 0 bridgehead atoms. The first-order valence-electron chi connectivity index (χ1n) is 16.2. The third-order valence-electron chi connectivity index (χ3n) is 6.22. The van der Waals surface area contributed by atoms with Gasteiger partial charge in [-0.3, -0.25) is 19.2 Å². The normalized spacial score (nSPS) is 14.1. The van der Waals surface area contributed by atoms with Crippen LogP contribution in [0.15, 0.2) is 0 Å². The van der Waals surface area contributed by atoms with Crippen LogP contribution in [0.2, 0.25) is 6.04 Å². The number of thioether (sulfide) groups is 2. The number of aliphatic hydroxyl groups excluding tert-OH is 1. The predicted molar refractivity (Wildman–Crippen MR) is 188 cm³/mol. The molecule has 3 unspecified atom stereocenters. The molecule has 0 heterocycles. The van der Waals surface area contributed by atoms with E-state index in [-0.39, 0.29) is 29.6 Å². The van der Waals surface area contributed by atoms with Gasteiger partial charge >= 0.3 is 26.7 Å². The van der Waals surface area contributed by atoms with Gasteiger partial charge in [-0.2, -0.15) is 23.5 Å². The number of amides is 1. The van der Waals surface area contributed by atoms with E-state index < -0.39 is 95.7 Å². The molecule has 0 aliphatic rings. The number of nitrogens with one attached hydrogen (secondary N) is 1. The largest absolute Gasteiger partial charge is 0.748 e. The smallest absolute Gasteiger partial charge is 0.500 e. The molecule has 0 aromatic carbocycles. The minimum absolute atomic E-state index is 0.0630.